The maximum atomic E-state index is 10.7. The van der Waals surface area contributed by atoms with Crippen LogP contribution in [-0.2, 0) is 21.9 Å². The molecule has 0 amide bonds. The van der Waals surface area contributed by atoms with Crippen molar-refractivity contribution in [1.29, 1.82) is 0 Å². The Bertz CT molecular complexity index is 320. The average Bonchev–Trinajstić information content (AvgIpc) is 2.26. The Morgan fingerprint density at radius 3 is 2.20 bits per heavy atom. The van der Waals surface area contributed by atoms with Crippen LogP contribution in [-0.4, -0.2) is 12.1 Å². The third-order valence-electron chi connectivity index (χ3n) is 1.97. The molecule has 0 aliphatic carbocycles. The highest BCUT2D eigenvalue weighted by atomic mass is 35.5. The first-order chi connectivity index (χ1) is 6.76. The van der Waals surface area contributed by atoms with Crippen LogP contribution in [0.2, 0.25) is 0 Å². The quantitative estimate of drug-likeness (QED) is 0.455. The van der Waals surface area contributed by atoms with Gasteiger partial charge in [0.25, 0.3) is 0 Å². The molecule has 82 valence electrons. The van der Waals surface area contributed by atoms with Crippen LogP contribution < -0.4 is 0 Å². The molecule has 4 heteroatoms. The van der Waals surface area contributed by atoms with E-state index in [1.165, 1.54) is 0 Å². The van der Waals surface area contributed by atoms with Crippen LogP contribution in [0.25, 0.3) is 0 Å². The minimum atomic E-state index is -0.355. The Hall–Kier alpha value is -0.860. The fraction of sp³-hybridized carbons (Fsp3) is 0.273. The molecule has 15 heavy (non-hydrogen) atoms. The Balaban J connectivity index is 0.00000196. The summed E-state index contributed by atoms with van der Waals surface area (Å²) in [6, 6.07) is 7.70. The largest absolute Gasteiger partial charge is 0.295 e. The number of carbonyl (C=O) groups excluding carboxylic acids is 2. The summed E-state index contributed by atoms with van der Waals surface area (Å²) < 4.78 is 0. The van der Waals surface area contributed by atoms with Gasteiger partial charge in [-0.3, -0.25) is 9.59 Å². The smallest absolute Gasteiger partial charge is 0.195 e. The molecular formula is C11H12Cl2O2. The summed E-state index contributed by atoms with van der Waals surface area (Å²) in [6.45, 7) is 0. The van der Waals surface area contributed by atoms with E-state index in [-0.39, 0.29) is 24.6 Å². The summed E-state index contributed by atoms with van der Waals surface area (Å²) in [6.07, 6.45) is 1.26. The van der Waals surface area contributed by atoms with Crippen molar-refractivity contribution in [1.82, 2.24) is 0 Å². The molecule has 0 unspecified atom stereocenters. The number of benzene rings is 1. The second-order valence-corrected chi connectivity index (χ2v) is 3.30. The monoisotopic (exact) mass is 246 g/mol. The lowest BCUT2D eigenvalue weighted by molar-refractivity contribution is -0.129. The van der Waals surface area contributed by atoms with Crippen LogP contribution in [0, 0.1) is 0 Å². The molecule has 0 atom stereocenters. The maximum absolute atomic E-state index is 10.7. The number of ketones is 1. The predicted molar refractivity (Wildman–Crippen MR) is 62.6 cm³/mol. The normalized spacial score (nSPS) is 9.13. The van der Waals surface area contributed by atoms with Crippen molar-refractivity contribution in [2.24, 2.45) is 0 Å². The lowest BCUT2D eigenvalue weighted by Crippen LogP contribution is -2.00. The molecule has 0 heterocycles. The lowest BCUT2D eigenvalue weighted by atomic mass is 10.1. The molecular weight excluding hydrogens is 235 g/mol. The van der Waals surface area contributed by atoms with Crippen molar-refractivity contribution < 1.29 is 9.59 Å². The van der Waals surface area contributed by atoms with Gasteiger partial charge in [-0.2, -0.15) is 0 Å². The van der Waals surface area contributed by atoms with Gasteiger partial charge in [0.05, 0.1) is 0 Å². The summed E-state index contributed by atoms with van der Waals surface area (Å²) in [5.74, 6) is 0.138. The summed E-state index contributed by atoms with van der Waals surface area (Å²) >= 11 is 5.63. The summed E-state index contributed by atoms with van der Waals surface area (Å²) in [4.78, 5) is 20.8. The van der Waals surface area contributed by atoms with Gasteiger partial charge >= 0.3 is 0 Å². The second-order valence-electron chi connectivity index (χ2n) is 3.03. The van der Waals surface area contributed by atoms with E-state index in [9.17, 15) is 9.59 Å². The van der Waals surface area contributed by atoms with Crippen molar-refractivity contribution in [2.45, 2.75) is 18.7 Å². The van der Waals surface area contributed by atoms with Gasteiger partial charge in [0.1, 0.15) is 0 Å². The molecule has 0 fully saturated rings. The third-order valence-corrected chi connectivity index (χ3v) is 2.28. The SMILES string of the molecule is Cl.O=CC(=O)CCc1ccc(CCl)cc1. The van der Waals surface area contributed by atoms with Gasteiger partial charge in [-0.05, 0) is 17.5 Å². The molecule has 0 saturated heterocycles. The van der Waals surface area contributed by atoms with E-state index in [0.717, 1.165) is 11.1 Å². The summed E-state index contributed by atoms with van der Waals surface area (Å²) in [7, 11) is 0. The first-order valence-electron chi connectivity index (χ1n) is 4.38. The van der Waals surface area contributed by atoms with Crippen LogP contribution in [0.4, 0.5) is 0 Å². The van der Waals surface area contributed by atoms with E-state index < -0.39 is 0 Å². The number of halogens is 2. The molecule has 0 aromatic heterocycles. The molecule has 1 aromatic rings. The number of rotatable bonds is 5. The Kier molecular flexibility index (Phi) is 7.01. The van der Waals surface area contributed by atoms with Crippen LogP contribution in [0.5, 0.6) is 0 Å². The fourth-order valence-electron chi connectivity index (χ4n) is 1.12. The highest BCUT2D eigenvalue weighted by molar-refractivity contribution is 6.24. The van der Waals surface area contributed by atoms with E-state index in [2.05, 4.69) is 0 Å². The number of alkyl halides is 1. The minimum absolute atomic E-state index is 0. The number of aryl methyl sites for hydroxylation is 1. The Labute approximate surface area is 100 Å². The van der Waals surface area contributed by atoms with Crippen LogP contribution in [0.3, 0.4) is 0 Å². The molecule has 0 N–H and O–H groups in total. The summed E-state index contributed by atoms with van der Waals surface area (Å²) in [5, 5.41) is 0. The first kappa shape index (κ1) is 14.1. The van der Waals surface area contributed by atoms with Gasteiger partial charge in [0.2, 0.25) is 0 Å². The molecule has 1 aromatic carbocycles. The standard InChI is InChI=1S/C11H11ClO2.ClH/c12-7-10-3-1-9(2-4-10)5-6-11(14)8-13;/h1-4,8H,5-7H2;1H. The lowest BCUT2D eigenvalue weighted by Gasteiger charge is -1.99. The van der Waals surface area contributed by atoms with Gasteiger partial charge in [0, 0.05) is 12.3 Å². The number of Topliss-reactive ketones (excluding diaryl/α,β-unsaturated/α-hetero) is 1. The van der Waals surface area contributed by atoms with E-state index in [0.29, 0.717) is 18.6 Å². The number of aldehydes is 1. The molecule has 2 nitrogen and oxygen atoms in total. The fourth-order valence-corrected chi connectivity index (χ4v) is 1.30. The number of hydrogen-bond acceptors (Lipinski definition) is 2. The van der Waals surface area contributed by atoms with E-state index >= 15 is 0 Å². The molecule has 0 aliphatic heterocycles. The summed E-state index contributed by atoms with van der Waals surface area (Å²) in [5.41, 5.74) is 2.10. The highest BCUT2D eigenvalue weighted by Crippen LogP contribution is 2.08. The maximum Gasteiger partial charge on any atom is 0.195 e. The van der Waals surface area contributed by atoms with Crippen molar-refractivity contribution in [2.75, 3.05) is 0 Å². The second kappa shape index (κ2) is 7.43. The molecule has 0 bridgehead atoms. The molecule has 1 rings (SSSR count). The zero-order valence-electron chi connectivity index (χ0n) is 8.11. The van der Waals surface area contributed by atoms with Crippen LogP contribution >= 0.6 is 24.0 Å². The van der Waals surface area contributed by atoms with Crippen molar-refractivity contribution in [3.8, 4) is 0 Å². The van der Waals surface area contributed by atoms with Crippen molar-refractivity contribution in [3.05, 3.63) is 35.4 Å². The molecule has 0 spiro atoms. The Morgan fingerprint density at radius 1 is 1.20 bits per heavy atom. The van der Waals surface area contributed by atoms with Gasteiger partial charge in [0.15, 0.2) is 12.1 Å². The van der Waals surface area contributed by atoms with E-state index in [1.807, 2.05) is 24.3 Å². The van der Waals surface area contributed by atoms with Gasteiger partial charge in [-0.1, -0.05) is 24.3 Å². The number of carbonyl (C=O) groups is 2. The number of hydrogen-bond donors (Lipinski definition) is 0. The van der Waals surface area contributed by atoms with Crippen molar-refractivity contribution in [3.63, 3.8) is 0 Å². The van der Waals surface area contributed by atoms with Crippen molar-refractivity contribution >= 4 is 36.1 Å². The third kappa shape index (κ3) is 4.96. The molecule has 0 radical (unpaired) electrons. The average molecular weight is 247 g/mol. The first-order valence-corrected chi connectivity index (χ1v) is 4.91. The minimum Gasteiger partial charge on any atom is -0.295 e. The highest BCUT2D eigenvalue weighted by Gasteiger charge is 2.00. The van der Waals surface area contributed by atoms with Crippen LogP contribution in [0.15, 0.2) is 24.3 Å². The van der Waals surface area contributed by atoms with Gasteiger partial charge in [-0.15, -0.1) is 24.0 Å². The van der Waals surface area contributed by atoms with Crippen LogP contribution in [0.1, 0.15) is 17.5 Å². The predicted octanol–water partition coefficient (Wildman–Crippen LogP) is 2.55. The molecule has 0 aliphatic rings. The van der Waals surface area contributed by atoms with E-state index in [4.69, 9.17) is 11.6 Å². The van der Waals surface area contributed by atoms with E-state index in [1.54, 1.807) is 0 Å². The zero-order chi connectivity index (χ0) is 10.4. The van der Waals surface area contributed by atoms with Gasteiger partial charge < -0.3 is 0 Å². The zero-order valence-corrected chi connectivity index (χ0v) is 9.68. The molecule has 0 saturated carbocycles. The van der Waals surface area contributed by atoms with Gasteiger partial charge in [-0.25, -0.2) is 0 Å². The Morgan fingerprint density at radius 2 is 1.73 bits per heavy atom. The topological polar surface area (TPSA) is 34.1 Å².